The summed E-state index contributed by atoms with van der Waals surface area (Å²) < 4.78 is 0. The number of rotatable bonds is 3. The zero-order valence-electron chi connectivity index (χ0n) is 10.2. The molecule has 94 valence electrons. The Bertz CT molecular complexity index is 377. The Morgan fingerprint density at radius 1 is 1.65 bits per heavy atom. The minimum atomic E-state index is -0.197. The van der Waals surface area contributed by atoms with Crippen LogP contribution in [0.1, 0.15) is 43.0 Å². The molecule has 1 fully saturated rings. The summed E-state index contributed by atoms with van der Waals surface area (Å²) in [5.41, 5.74) is 6.47. The van der Waals surface area contributed by atoms with Crippen LogP contribution in [0, 0.1) is 5.92 Å². The predicted octanol–water partition coefficient (Wildman–Crippen LogP) is 2.39. The molecule has 0 spiro atoms. The molecule has 1 aromatic rings. The van der Waals surface area contributed by atoms with Gasteiger partial charge in [0.15, 0.2) is 0 Å². The summed E-state index contributed by atoms with van der Waals surface area (Å²) in [6.07, 6.45) is 4.56. The second-order valence-electron chi connectivity index (χ2n) is 4.97. The zero-order valence-corrected chi connectivity index (χ0v) is 11.1. The van der Waals surface area contributed by atoms with Gasteiger partial charge in [-0.1, -0.05) is 19.8 Å². The molecule has 0 bridgehead atoms. The van der Waals surface area contributed by atoms with Crippen LogP contribution < -0.4 is 11.1 Å². The van der Waals surface area contributed by atoms with Crippen LogP contribution >= 0.6 is 11.3 Å². The van der Waals surface area contributed by atoms with Crippen LogP contribution in [-0.2, 0) is 0 Å². The molecule has 0 saturated heterocycles. The average Bonchev–Trinajstić information content (AvgIpc) is 2.86. The SMILES string of the molecule is CC1CCCCC1(CN)NC(=O)c1ccsc1. The third-order valence-corrected chi connectivity index (χ3v) is 4.65. The van der Waals surface area contributed by atoms with Gasteiger partial charge in [-0.3, -0.25) is 4.79 Å². The molecule has 4 heteroatoms. The predicted molar refractivity (Wildman–Crippen MR) is 71.2 cm³/mol. The molecule has 17 heavy (non-hydrogen) atoms. The zero-order chi connectivity index (χ0) is 12.3. The number of nitrogens with one attached hydrogen (secondary N) is 1. The van der Waals surface area contributed by atoms with Crippen molar-refractivity contribution in [1.29, 1.82) is 0 Å². The van der Waals surface area contributed by atoms with E-state index in [9.17, 15) is 4.79 Å². The fraction of sp³-hybridized carbons (Fsp3) is 0.615. The van der Waals surface area contributed by atoms with Crippen molar-refractivity contribution in [3.63, 3.8) is 0 Å². The van der Waals surface area contributed by atoms with Crippen LogP contribution in [0.25, 0.3) is 0 Å². The third kappa shape index (κ3) is 2.53. The lowest BCUT2D eigenvalue weighted by molar-refractivity contribution is 0.0813. The van der Waals surface area contributed by atoms with Gasteiger partial charge < -0.3 is 11.1 Å². The average molecular weight is 252 g/mol. The molecule has 2 rings (SSSR count). The molecular weight excluding hydrogens is 232 g/mol. The van der Waals surface area contributed by atoms with Crippen LogP contribution in [0.5, 0.6) is 0 Å². The molecule has 0 aromatic carbocycles. The minimum Gasteiger partial charge on any atom is -0.345 e. The largest absolute Gasteiger partial charge is 0.345 e. The van der Waals surface area contributed by atoms with E-state index < -0.39 is 0 Å². The topological polar surface area (TPSA) is 55.1 Å². The summed E-state index contributed by atoms with van der Waals surface area (Å²) in [7, 11) is 0. The fourth-order valence-corrected chi connectivity index (χ4v) is 3.28. The Morgan fingerprint density at radius 2 is 2.47 bits per heavy atom. The molecule has 2 atom stereocenters. The first-order valence-corrected chi connectivity index (χ1v) is 7.17. The number of hydrogen-bond donors (Lipinski definition) is 2. The van der Waals surface area contributed by atoms with E-state index in [1.807, 2.05) is 16.8 Å². The van der Waals surface area contributed by atoms with Gasteiger partial charge in [0.25, 0.3) is 5.91 Å². The van der Waals surface area contributed by atoms with E-state index in [2.05, 4.69) is 12.2 Å². The maximum atomic E-state index is 12.1. The van der Waals surface area contributed by atoms with Gasteiger partial charge in [0.1, 0.15) is 0 Å². The summed E-state index contributed by atoms with van der Waals surface area (Å²) in [4.78, 5) is 12.1. The highest BCUT2D eigenvalue weighted by atomic mass is 32.1. The van der Waals surface area contributed by atoms with Crippen molar-refractivity contribution in [3.8, 4) is 0 Å². The van der Waals surface area contributed by atoms with Crippen molar-refractivity contribution in [2.24, 2.45) is 11.7 Å². The fourth-order valence-electron chi connectivity index (χ4n) is 2.65. The summed E-state index contributed by atoms with van der Waals surface area (Å²) >= 11 is 1.55. The number of carbonyl (C=O) groups is 1. The molecule has 1 amide bonds. The van der Waals surface area contributed by atoms with Gasteiger partial charge >= 0.3 is 0 Å². The highest BCUT2D eigenvalue weighted by molar-refractivity contribution is 7.08. The summed E-state index contributed by atoms with van der Waals surface area (Å²) in [5, 5.41) is 6.98. The quantitative estimate of drug-likeness (QED) is 0.868. The van der Waals surface area contributed by atoms with Crippen LogP contribution in [0.2, 0.25) is 0 Å². The molecule has 3 nitrogen and oxygen atoms in total. The molecule has 0 aliphatic heterocycles. The summed E-state index contributed by atoms with van der Waals surface area (Å²) in [6.45, 7) is 2.73. The molecule has 2 unspecified atom stereocenters. The highest BCUT2D eigenvalue weighted by Gasteiger charge is 2.38. The molecule has 0 radical (unpaired) electrons. The Labute approximate surface area is 106 Å². The molecule has 1 aromatic heterocycles. The third-order valence-electron chi connectivity index (χ3n) is 3.96. The number of amides is 1. The number of carbonyl (C=O) groups excluding carboxylic acids is 1. The first kappa shape index (κ1) is 12.6. The van der Waals surface area contributed by atoms with Gasteiger partial charge in [0.05, 0.1) is 11.1 Å². The van der Waals surface area contributed by atoms with Crippen LogP contribution in [0.15, 0.2) is 16.8 Å². The Balaban J connectivity index is 2.11. The molecule has 1 aliphatic rings. The van der Waals surface area contributed by atoms with E-state index in [1.165, 1.54) is 6.42 Å². The van der Waals surface area contributed by atoms with E-state index in [4.69, 9.17) is 5.73 Å². The standard InChI is InChI=1S/C13H20N2OS/c1-10-4-2-3-6-13(10,9-14)15-12(16)11-5-7-17-8-11/h5,7-8,10H,2-4,6,9,14H2,1H3,(H,15,16). The van der Waals surface area contributed by atoms with Crippen molar-refractivity contribution in [1.82, 2.24) is 5.32 Å². The van der Waals surface area contributed by atoms with Gasteiger partial charge in [-0.05, 0) is 30.2 Å². The van der Waals surface area contributed by atoms with E-state index in [1.54, 1.807) is 11.3 Å². The van der Waals surface area contributed by atoms with Gasteiger partial charge in [0.2, 0.25) is 0 Å². The van der Waals surface area contributed by atoms with Crippen molar-refractivity contribution in [2.75, 3.05) is 6.54 Å². The molecule has 1 aliphatic carbocycles. The van der Waals surface area contributed by atoms with E-state index in [0.29, 0.717) is 12.5 Å². The highest BCUT2D eigenvalue weighted by Crippen LogP contribution is 2.33. The van der Waals surface area contributed by atoms with E-state index in [-0.39, 0.29) is 11.4 Å². The van der Waals surface area contributed by atoms with Crippen molar-refractivity contribution < 1.29 is 4.79 Å². The molecule has 1 saturated carbocycles. The second kappa shape index (κ2) is 5.19. The van der Waals surface area contributed by atoms with Gasteiger partial charge in [-0.2, -0.15) is 11.3 Å². The Hall–Kier alpha value is -0.870. The lowest BCUT2D eigenvalue weighted by atomic mass is 9.73. The lowest BCUT2D eigenvalue weighted by Crippen LogP contribution is -2.59. The Morgan fingerprint density at radius 3 is 3.06 bits per heavy atom. The first-order chi connectivity index (χ1) is 8.18. The van der Waals surface area contributed by atoms with Crippen LogP contribution in [0.4, 0.5) is 0 Å². The second-order valence-corrected chi connectivity index (χ2v) is 5.75. The molecule has 3 N–H and O–H groups in total. The van der Waals surface area contributed by atoms with Crippen LogP contribution in [-0.4, -0.2) is 18.0 Å². The summed E-state index contributed by atoms with van der Waals surface area (Å²) in [6, 6.07) is 1.86. The summed E-state index contributed by atoms with van der Waals surface area (Å²) in [5.74, 6) is 0.481. The van der Waals surface area contributed by atoms with Crippen molar-refractivity contribution in [2.45, 2.75) is 38.1 Å². The Kier molecular flexibility index (Phi) is 3.84. The minimum absolute atomic E-state index is 0.0189. The van der Waals surface area contributed by atoms with Crippen LogP contribution in [0.3, 0.4) is 0 Å². The molecule has 1 heterocycles. The maximum absolute atomic E-state index is 12.1. The monoisotopic (exact) mass is 252 g/mol. The number of hydrogen-bond acceptors (Lipinski definition) is 3. The number of thiophene rings is 1. The smallest absolute Gasteiger partial charge is 0.252 e. The van der Waals surface area contributed by atoms with E-state index >= 15 is 0 Å². The van der Waals surface area contributed by atoms with Gasteiger partial charge in [-0.25, -0.2) is 0 Å². The van der Waals surface area contributed by atoms with Crippen molar-refractivity contribution >= 4 is 17.2 Å². The lowest BCUT2D eigenvalue weighted by Gasteiger charge is -2.42. The van der Waals surface area contributed by atoms with E-state index in [0.717, 1.165) is 24.8 Å². The maximum Gasteiger partial charge on any atom is 0.252 e. The first-order valence-electron chi connectivity index (χ1n) is 6.23. The van der Waals surface area contributed by atoms with Crippen molar-refractivity contribution in [3.05, 3.63) is 22.4 Å². The van der Waals surface area contributed by atoms with Gasteiger partial charge in [-0.15, -0.1) is 0 Å². The molecular formula is C13H20N2OS. The number of nitrogens with two attached hydrogens (primary N) is 1. The van der Waals surface area contributed by atoms with Gasteiger partial charge in [0, 0.05) is 11.9 Å². The normalized spacial score (nSPS) is 28.9.